The molecule has 0 aliphatic heterocycles. The second kappa shape index (κ2) is 5.96. The average molecular weight is 301 g/mol. The van der Waals surface area contributed by atoms with Crippen LogP contribution in [0.15, 0.2) is 28.7 Å². The molecule has 0 aromatic heterocycles. The Morgan fingerprint density at radius 2 is 2.19 bits per heavy atom. The first-order chi connectivity index (χ1) is 7.56. The van der Waals surface area contributed by atoms with Crippen LogP contribution in [0.5, 0.6) is 0 Å². The zero-order valence-corrected chi connectivity index (χ0v) is 11.3. The summed E-state index contributed by atoms with van der Waals surface area (Å²) in [6, 6.07) is 7.40. The van der Waals surface area contributed by atoms with Gasteiger partial charge in [0.1, 0.15) is 0 Å². The summed E-state index contributed by atoms with van der Waals surface area (Å²) in [5, 5.41) is 2.79. The lowest BCUT2D eigenvalue weighted by Gasteiger charge is -2.14. The molecule has 0 aliphatic rings. The van der Waals surface area contributed by atoms with Gasteiger partial charge in [-0.1, -0.05) is 31.3 Å². The number of hydrogen-bond acceptors (Lipinski definition) is 2. The van der Waals surface area contributed by atoms with Crippen LogP contribution in [-0.4, -0.2) is 10.9 Å². The molecule has 1 aromatic carbocycles. The fourth-order valence-electron chi connectivity index (χ4n) is 1.30. The highest BCUT2D eigenvalue weighted by Crippen LogP contribution is 2.22. The van der Waals surface area contributed by atoms with E-state index < -0.39 is 5.92 Å². The minimum absolute atomic E-state index is 0.165. The highest BCUT2D eigenvalue weighted by atomic mass is 79.9. The van der Waals surface area contributed by atoms with E-state index in [2.05, 4.69) is 21.2 Å². The number of nitrogens with one attached hydrogen (secondary N) is 1. The Morgan fingerprint density at radius 1 is 1.56 bits per heavy atom. The first-order valence-electron chi connectivity index (χ1n) is 4.91. The maximum absolute atomic E-state index is 11.8. The van der Waals surface area contributed by atoms with Crippen LogP contribution in [0.3, 0.4) is 0 Å². The lowest BCUT2D eigenvalue weighted by molar-refractivity contribution is -0.118. The van der Waals surface area contributed by atoms with Crippen LogP contribution in [0.4, 0.5) is 5.69 Å². The van der Waals surface area contributed by atoms with Crippen LogP contribution < -0.4 is 11.1 Å². The molecule has 1 amide bonds. The van der Waals surface area contributed by atoms with Crippen molar-refractivity contribution in [2.45, 2.75) is 13.3 Å². The number of para-hydroxylation sites is 1. The van der Waals surface area contributed by atoms with Gasteiger partial charge in [-0.25, -0.2) is 0 Å². The van der Waals surface area contributed by atoms with Gasteiger partial charge in [0.15, 0.2) is 0 Å². The molecule has 1 atom stereocenters. The van der Waals surface area contributed by atoms with E-state index in [4.69, 9.17) is 18.0 Å². The molecule has 5 heteroatoms. The van der Waals surface area contributed by atoms with Crippen LogP contribution in [-0.2, 0) is 4.79 Å². The second-order valence-electron chi connectivity index (χ2n) is 3.33. The van der Waals surface area contributed by atoms with Gasteiger partial charge in [0.25, 0.3) is 0 Å². The molecule has 3 N–H and O–H groups in total. The molecule has 1 rings (SSSR count). The fourth-order valence-corrected chi connectivity index (χ4v) is 1.96. The number of amides is 1. The predicted molar refractivity (Wildman–Crippen MR) is 73.3 cm³/mol. The molecule has 16 heavy (non-hydrogen) atoms. The molecule has 0 radical (unpaired) electrons. The van der Waals surface area contributed by atoms with Gasteiger partial charge >= 0.3 is 0 Å². The standard InChI is InChI=1S/C11H13BrN2OS/c1-2-7(10(13)16)11(15)14-9-6-4-3-5-8(9)12/h3-7H,2H2,1H3,(H2,13,16)(H,14,15). The Morgan fingerprint density at radius 3 is 2.69 bits per heavy atom. The van der Waals surface area contributed by atoms with Crippen LogP contribution >= 0.6 is 28.1 Å². The van der Waals surface area contributed by atoms with E-state index in [9.17, 15) is 4.79 Å². The first kappa shape index (κ1) is 13.1. The molecule has 0 fully saturated rings. The van der Waals surface area contributed by atoms with Crippen molar-refractivity contribution in [1.82, 2.24) is 0 Å². The summed E-state index contributed by atoms with van der Waals surface area (Å²) in [5.74, 6) is -0.580. The molecule has 0 saturated carbocycles. The number of carbonyl (C=O) groups is 1. The van der Waals surface area contributed by atoms with Gasteiger partial charge in [0.05, 0.1) is 16.6 Å². The zero-order valence-electron chi connectivity index (χ0n) is 8.87. The summed E-state index contributed by atoms with van der Waals surface area (Å²) in [6.07, 6.45) is 0.603. The van der Waals surface area contributed by atoms with E-state index in [0.29, 0.717) is 6.42 Å². The van der Waals surface area contributed by atoms with Crippen molar-refractivity contribution >= 4 is 44.7 Å². The molecular weight excluding hydrogens is 288 g/mol. The topological polar surface area (TPSA) is 55.1 Å². The summed E-state index contributed by atoms with van der Waals surface area (Å²) in [7, 11) is 0. The molecule has 3 nitrogen and oxygen atoms in total. The summed E-state index contributed by atoms with van der Waals surface area (Å²) >= 11 is 8.20. The number of anilines is 1. The van der Waals surface area contributed by atoms with E-state index in [1.165, 1.54) is 0 Å². The number of hydrogen-bond donors (Lipinski definition) is 2. The molecule has 0 aliphatic carbocycles. The van der Waals surface area contributed by atoms with Crippen molar-refractivity contribution in [2.75, 3.05) is 5.32 Å². The second-order valence-corrected chi connectivity index (χ2v) is 4.66. The lowest BCUT2D eigenvalue weighted by atomic mass is 10.1. The van der Waals surface area contributed by atoms with Crippen molar-refractivity contribution in [1.29, 1.82) is 0 Å². The molecule has 0 heterocycles. The predicted octanol–water partition coefficient (Wildman–Crippen LogP) is 2.70. The summed E-state index contributed by atoms with van der Waals surface area (Å²) in [6.45, 7) is 1.88. The van der Waals surface area contributed by atoms with Gasteiger partial charge in [0.2, 0.25) is 5.91 Å². The number of nitrogens with two attached hydrogens (primary N) is 1. The number of benzene rings is 1. The summed E-state index contributed by atoms with van der Waals surface area (Å²) < 4.78 is 0.834. The highest BCUT2D eigenvalue weighted by molar-refractivity contribution is 9.10. The lowest BCUT2D eigenvalue weighted by Crippen LogP contribution is -2.32. The van der Waals surface area contributed by atoms with Crippen molar-refractivity contribution in [3.63, 3.8) is 0 Å². The van der Waals surface area contributed by atoms with Crippen molar-refractivity contribution in [3.8, 4) is 0 Å². The smallest absolute Gasteiger partial charge is 0.234 e. The Balaban J connectivity index is 2.78. The molecule has 0 bridgehead atoms. The van der Waals surface area contributed by atoms with Crippen LogP contribution in [0.25, 0.3) is 0 Å². The van der Waals surface area contributed by atoms with E-state index in [-0.39, 0.29) is 10.9 Å². The third-order valence-corrected chi connectivity index (χ3v) is 3.18. The van der Waals surface area contributed by atoms with E-state index in [1.54, 1.807) is 0 Å². The molecule has 0 spiro atoms. The number of thiocarbonyl (C=S) groups is 1. The van der Waals surface area contributed by atoms with Gasteiger partial charge in [-0.3, -0.25) is 4.79 Å². The number of halogens is 1. The normalized spacial score (nSPS) is 11.9. The molecule has 1 aromatic rings. The molecule has 1 unspecified atom stereocenters. The molecule has 86 valence electrons. The quantitative estimate of drug-likeness (QED) is 0.841. The van der Waals surface area contributed by atoms with E-state index in [0.717, 1.165) is 10.2 Å². The van der Waals surface area contributed by atoms with Crippen molar-refractivity contribution in [2.24, 2.45) is 11.7 Å². The fraction of sp³-hybridized carbons (Fsp3) is 0.273. The largest absolute Gasteiger partial charge is 0.393 e. The summed E-state index contributed by atoms with van der Waals surface area (Å²) in [4.78, 5) is 12.1. The van der Waals surface area contributed by atoms with Gasteiger partial charge < -0.3 is 11.1 Å². The Kier molecular flexibility index (Phi) is 4.89. The first-order valence-corrected chi connectivity index (χ1v) is 6.11. The van der Waals surface area contributed by atoms with Gasteiger partial charge in [-0.15, -0.1) is 0 Å². The van der Waals surface area contributed by atoms with E-state index >= 15 is 0 Å². The molecular formula is C11H13BrN2OS. The zero-order chi connectivity index (χ0) is 12.1. The monoisotopic (exact) mass is 300 g/mol. The average Bonchev–Trinajstić information content (AvgIpc) is 2.22. The summed E-state index contributed by atoms with van der Waals surface area (Å²) in [5.41, 5.74) is 6.22. The highest BCUT2D eigenvalue weighted by Gasteiger charge is 2.19. The Hall–Kier alpha value is -0.940. The maximum atomic E-state index is 11.8. The third kappa shape index (κ3) is 3.28. The van der Waals surface area contributed by atoms with Crippen molar-refractivity contribution in [3.05, 3.63) is 28.7 Å². The van der Waals surface area contributed by atoms with Crippen LogP contribution in [0, 0.1) is 5.92 Å². The van der Waals surface area contributed by atoms with E-state index in [1.807, 2.05) is 31.2 Å². The van der Waals surface area contributed by atoms with Gasteiger partial charge in [-0.2, -0.15) is 0 Å². The SMILES string of the molecule is CCC(C(=O)Nc1ccccc1Br)C(N)=S. The Bertz CT molecular complexity index is 409. The minimum atomic E-state index is -0.415. The Labute approximate surface area is 109 Å². The number of carbonyl (C=O) groups excluding carboxylic acids is 1. The van der Waals surface area contributed by atoms with Crippen molar-refractivity contribution < 1.29 is 4.79 Å². The molecule has 0 saturated heterocycles. The van der Waals surface area contributed by atoms with Gasteiger partial charge in [-0.05, 0) is 34.5 Å². The van der Waals surface area contributed by atoms with Crippen LogP contribution in [0.1, 0.15) is 13.3 Å². The minimum Gasteiger partial charge on any atom is -0.393 e. The number of rotatable bonds is 4. The van der Waals surface area contributed by atoms with Gasteiger partial charge in [0, 0.05) is 4.47 Å². The third-order valence-electron chi connectivity index (χ3n) is 2.20. The maximum Gasteiger partial charge on any atom is 0.234 e. The van der Waals surface area contributed by atoms with Crippen LogP contribution in [0.2, 0.25) is 0 Å².